The Morgan fingerprint density at radius 3 is 2.59 bits per heavy atom. The largest absolute Gasteiger partial charge is 0.493 e. The topological polar surface area (TPSA) is 72.5 Å². The Balaban J connectivity index is 1.46. The summed E-state index contributed by atoms with van der Waals surface area (Å²) in [7, 11) is 1.63. The van der Waals surface area contributed by atoms with E-state index in [0.717, 1.165) is 11.1 Å². The highest BCUT2D eigenvalue weighted by atomic mass is 16.5. The number of nitrogens with zero attached hydrogens (tertiary/aromatic N) is 1. The number of carbonyl (C=O) groups excluding carboxylic acids is 1. The van der Waals surface area contributed by atoms with E-state index in [0.29, 0.717) is 43.3 Å². The molecule has 3 aromatic rings. The number of methoxy groups -OCH3 is 1. The summed E-state index contributed by atoms with van der Waals surface area (Å²) in [4.78, 5) is 15.9. The molecule has 0 fully saturated rings. The van der Waals surface area contributed by atoms with Crippen molar-refractivity contribution in [3.8, 4) is 11.5 Å². The summed E-state index contributed by atoms with van der Waals surface area (Å²) in [5.41, 5.74) is 2.73. The summed E-state index contributed by atoms with van der Waals surface area (Å²) in [6, 6.07) is 19.4. The van der Waals surface area contributed by atoms with Crippen LogP contribution in [0.1, 0.15) is 21.5 Å². The Morgan fingerprint density at radius 1 is 0.966 bits per heavy atom. The van der Waals surface area contributed by atoms with Crippen molar-refractivity contribution in [3.63, 3.8) is 0 Å². The fraction of sp³-hybridized carbons (Fsp3) is 0.217. The monoisotopic (exact) mass is 391 g/mol. The number of hydrogen-bond acceptors (Lipinski definition) is 5. The van der Waals surface area contributed by atoms with E-state index in [1.54, 1.807) is 31.6 Å². The number of nitrogens with one attached hydrogen (secondary N) is 2. The van der Waals surface area contributed by atoms with Gasteiger partial charge in [-0.1, -0.05) is 36.4 Å². The van der Waals surface area contributed by atoms with Gasteiger partial charge in [0.15, 0.2) is 11.5 Å². The highest BCUT2D eigenvalue weighted by Crippen LogP contribution is 2.28. The quantitative estimate of drug-likeness (QED) is 0.520. The molecule has 6 nitrogen and oxygen atoms in total. The van der Waals surface area contributed by atoms with Crippen LogP contribution >= 0.6 is 0 Å². The van der Waals surface area contributed by atoms with Gasteiger partial charge >= 0.3 is 0 Å². The maximum atomic E-state index is 12.0. The van der Waals surface area contributed by atoms with E-state index in [-0.39, 0.29) is 5.91 Å². The molecule has 0 aliphatic rings. The molecule has 3 rings (SSSR count). The molecular weight excluding hydrogens is 366 g/mol. The predicted octanol–water partition coefficient (Wildman–Crippen LogP) is 3.19. The highest BCUT2D eigenvalue weighted by Gasteiger charge is 2.07. The molecule has 0 atom stereocenters. The zero-order chi connectivity index (χ0) is 20.3. The van der Waals surface area contributed by atoms with Crippen molar-refractivity contribution in [2.24, 2.45) is 0 Å². The molecule has 0 saturated heterocycles. The van der Waals surface area contributed by atoms with Crippen molar-refractivity contribution in [3.05, 3.63) is 89.7 Å². The predicted molar refractivity (Wildman–Crippen MR) is 112 cm³/mol. The van der Waals surface area contributed by atoms with Crippen molar-refractivity contribution < 1.29 is 14.3 Å². The van der Waals surface area contributed by atoms with Crippen molar-refractivity contribution >= 4 is 5.91 Å². The number of rotatable bonds is 10. The number of aromatic nitrogens is 1. The average Bonchev–Trinajstić information content (AvgIpc) is 2.78. The molecule has 0 bridgehead atoms. The summed E-state index contributed by atoms with van der Waals surface area (Å²) in [6.45, 7) is 2.32. The summed E-state index contributed by atoms with van der Waals surface area (Å²) in [5.74, 6) is 1.29. The van der Waals surface area contributed by atoms with Crippen LogP contribution in [0.2, 0.25) is 0 Å². The van der Waals surface area contributed by atoms with E-state index in [1.165, 1.54) is 0 Å². The Labute approximate surface area is 170 Å². The molecule has 0 spiro atoms. The van der Waals surface area contributed by atoms with Gasteiger partial charge in [-0.15, -0.1) is 0 Å². The minimum Gasteiger partial charge on any atom is -0.493 e. The molecule has 150 valence electrons. The third kappa shape index (κ3) is 6.33. The van der Waals surface area contributed by atoms with Gasteiger partial charge in [0.2, 0.25) is 0 Å². The molecule has 2 N–H and O–H groups in total. The van der Waals surface area contributed by atoms with Gasteiger partial charge in [0.25, 0.3) is 5.91 Å². The van der Waals surface area contributed by atoms with Crippen LogP contribution in [0.5, 0.6) is 11.5 Å². The minimum atomic E-state index is -0.124. The zero-order valence-electron chi connectivity index (χ0n) is 16.4. The van der Waals surface area contributed by atoms with Gasteiger partial charge in [-0.3, -0.25) is 9.78 Å². The number of carbonyl (C=O) groups is 1. The van der Waals surface area contributed by atoms with Gasteiger partial charge < -0.3 is 20.1 Å². The summed E-state index contributed by atoms with van der Waals surface area (Å²) in [5, 5.41) is 6.19. The lowest BCUT2D eigenvalue weighted by Gasteiger charge is -2.13. The molecule has 1 amide bonds. The van der Waals surface area contributed by atoms with Crippen LogP contribution in [0.25, 0.3) is 0 Å². The molecule has 0 radical (unpaired) electrons. The molecule has 0 unspecified atom stereocenters. The molecule has 1 aromatic heterocycles. The molecule has 2 aromatic carbocycles. The Kier molecular flexibility index (Phi) is 7.60. The van der Waals surface area contributed by atoms with Crippen molar-refractivity contribution in [1.29, 1.82) is 0 Å². The van der Waals surface area contributed by atoms with Crippen LogP contribution in [0, 0.1) is 0 Å². The van der Waals surface area contributed by atoms with E-state index in [4.69, 9.17) is 9.47 Å². The van der Waals surface area contributed by atoms with Gasteiger partial charge in [0, 0.05) is 32.0 Å². The van der Waals surface area contributed by atoms with E-state index in [1.807, 2.05) is 48.5 Å². The first-order chi connectivity index (χ1) is 14.3. The molecule has 0 aliphatic heterocycles. The fourth-order valence-corrected chi connectivity index (χ4v) is 2.78. The van der Waals surface area contributed by atoms with E-state index >= 15 is 0 Å². The maximum absolute atomic E-state index is 12.0. The standard InChI is InChI=1S/C23H25N3O3/c1-28-21-10-9-19(14-22(21)29-17-18-6-3-2-4-7-18)15-25-12-13-26-23(27)20-8-5-11-24-16-20/h2-11,14,16,25H,12-13,15,17H2,1H3,(H,26,27). The van der Waals surface area contributed by atoms with E-state index in [9.17, 15) is 4.79 Å². The van der Waals surface area contributed by atoms with Crippen LogP contribution in [0.15, 0.2) is 73.1 Å². The van der Waals surface area contributed by atoms with Crippen LogP contribution in [0.4, 0.5) is 0 Å². The van der Waals surface area contributed by atoms with E-state index in [2.05, 4.69) is 15.6 Å². The Morgan fingerprint density at radius 2 is 1.83 bits per heavy atom. The van der Waals surface area contributed by atoms with Gasteiger partial charge in [-0.2, -0.15) is 0 Å². The SMILES string of the molecule is COc1ccc(CNCCNC(=O)c2cccnc2)cc1OCc1ccccc1. The molecule has 6 heteroatoms. The van der Waals surface area contributed by atoms with Crippen molar-refractivity contribution in [2.75, 3.05) is 20.2 Å². The lowest BCUT2D eigenvalue weighted by molar-refractivity contribution is 0.0953. The second-order valence-electron chi connectivity index (χ2n) is 6.43. The number of benzene rings is 2. The summed E-state index contributed by atoms with van der Waals surface area (Å²) >= 11 is 0. The third-order valence-electron chi connectivity index (χ3n) is 4.31. The normalized spacial score (nSPS) is 10.4. The maximum Gasteiger partial charge on any atom is 0.252 e. The second-order valence-corrected chi connectivity index (χ2v) is 6.43. The van der Waals surface area contributed by atoms with E-state index < -0.39 is 0 Å². The number of ether oxygens (including phenoxy) is 2. The number of pyridine rings is 1. The molecule has 29 heavy (non-hydrogen) atoms. The van der Waals surface area contributed by atoms with Crippen LogP contribution in [-0.2, 0) is 13.2 Å². The molecule has 0 saturated carbocycles. The smallest absolute Gasteiger partial charge is 0.252 e. The van der Waals surface area contributed by atoms with Crippen molar-refractivity contribution in [2.45, 2.75) is 13.2 Å². The molecule has 1 heterocycles. The first-order valence-electron chi connectivity index (χ1n) is 9.49. The second kappa shape index (κ2) is 10.8. The van der Waals surface area contributed by atoms with Crippen LogP contribution in [0.3, 0.4) is 0 Å². The third-order valence-corrected chi connectivity index (χ3v) is 4.31. The lowest BCUT2D eigenvalue weighted by Crippen LogP contribution is -2.31. The zero-order valence-corrected chi connectivity index (χ0v) is 16.4. The molecule has 0 aliphatic carbocycles. The lowest BCUT2D eigenvalue weighted by atomic mass is 10.2. The summed E-state index contributed by atoms with van der Waals surface area (Å²) < 4.78 is 11.3. The summed E-state index contributed by atoms with van der Waals surface area (Å²) in [6.07, 6.45) is 3.20. The first kappa shape index (κ1) is 20.4. The van der Waals surface area contributed by atoms with Crippen LogP contribution in [-0.4, -0.2) is 31.1 Å². The number of amides is 1. The average molecular weight is 391 g/mol. The Bertz CT molecular complexity index is 902. The Hall–Kier alpha value is -3.38. The fourth-order valence-electron chi connectivity index (χ4n) is 2.78. The van der Waals surface area contributed by atoms with Crippen molar-refractivity contribution in [1.82, 2.24) is 15.6 Å². The van der Waals surface area contributed by atoms with Crippen LogP contribution < -0.4 is 20.1 Å². The van der Waals surface area contributed by atoms with Gasteiger partial charge in [-0.05, 0) is 35.4 Å². The number of hydrogen-bond donors (Lipinski definition) is 2. The molecular formula is C23H25N3O3. The van der Waals surface area contributed by atoms with Gasteiger partial charge in [0.05, 0.1) is 12.7 Å². The first-order valence-corrected chi connectivity index (χ1v) is 9.49. The van der Waals surface area contributed by atoms with Gasteiger partial charge in [-0.25, -0.2) is 0 Å². The van der Waals surface area contributed by atoms with Gasteiger partial charge in [0.1, 0.15) is 6.61 Å². The minimum absolute atomic E-state index is 0.124. The highest BCUT2D eigenvalue weighted by molar-refractivity contribution is 5.93.